The van der Waals surface area contributed by atoms with E-state index in [0.717, 1.165) is 5.56 Å². The normalized spacial score (nSPS) is 23.5. The van der Waals surface area contributed by atoms with E-state index in [2.05, 4.69) is 0 Å². The zero-order valence-electron chi connectivity index (χ0n) is 8.13. The number of hydrogen-bond donors (Lipinski definition) is 0. The molecular weight excluding hydrogens is 136 g/mol. The second-order valence-electron chi connectivity index (χ2n) is 2.73. The van der Waals surface area contributed by atoms with Gasteiger partial charge in [0.2, 0.25) is 0 Å². The van der Waals surface area contributed by atoms with Gasteiger partial charge >= 0.3 is 0 Å². The third-order valence-electron chi connectivity index (χ3n) is 1.88. The summed E-state index contributed by atoms with van der Waals surface area (Å²) < 4.78 is 15.4. The number of rotatable bonds is 0. The van der Waals surface area contributed by atoms with E-state index in [1.807, 2.05) is 18.2 Å². The van der Waals surface area contributed by atoms with Gasteiger partial charge in [0.1, 0.15) is 5.78 Å². The topological polar surface area (TPSA) is 17.1 Å². The van der Waals surface area contributed by atoms with Crippen LogP contribution in [0, 0.1) is 0 Å². The largest absolute Gasteiger partial charge is 0.299 e. The second kappa shape index (κ2) is 2.50. The Kier molecular flexibility index (Phi) is 1.07. The van der Waals surface area contributed by atoms with Crippen LogP contribution in [0.5, 0.6) is 0 Å². The smallest absolute Gasteiger partial charge is 0.137 e. The highest BCUT2D eigenvalue weighted by Crippen LogP contribution is 2.17. The third kappa shape index (κ3) is 1.18. The van der Waals surface area contributed by atoms with Crippen molar-refractivity contribution in [1.82, 2.24) is 0 Å². The molecule has 0 bridgehead atoms. The number of carbonyl (C=O) groups excluding carboxylic acids is 1. The predicted molar refractivity (Wildman–Crippen MR) is 43.5 cm³/mol. The maximum Gasteiger partial charge on any atom is 0.137 e. The van der Waals surface area contributed by atoms with Crippen LogP contribution in [0.15, 0.2) is 24.3 Å². The number of fused-ring (bicyclic) bond motifs is 1. The minimum atomic E-state index is -1.47. The van der Waals surface area contributed by atoms with Crippen molar-refractivity contribution in [3.8, 4) is 0 Å². The van der Waals surface area contributed by atoms with E-state index in [0.29, 0.717) is 12.0 Å². The molecule has 1 aromatic carbocycles. The number of carbonyl (C=O) groups is 1. The molecule has 0 unspecified atom stereocenters. The second-order valence-corrected chi connectivity index (χ2v) is 2.73. The molecule has 1 nitrogen and oxygen atoms in total. The van der Waals surface area contributed by atoms with Crippen molar-refractivity contribution in [1.29, 1.82) is 0 Å². The van der Waals surface area contributed by atoms with Crippen LogP contribution in [0.2, 0.25) is 0 Å². The highest BCUT2D eigenvalue weighted by atomic mass is 16.1. The maximum absolute atomic E-state index is 11.2. The Labute approximate surface area is 68.9 Å². The fraction of sp³-hybridized carbons (Fsp3) is 0.300. The number of Topliss-reactive ketones (excluding diaryl/α,β-unsaturated/α-hetero) is 1. The fourth-order valence-corrected chi connectivity index (χ4v) is 1.32. The van der Waals surface area contributed by atoms with Crippen molar-refractivity contribution >= 4 is 5.78 Å². The Bertz CT molecular complexity index is 358. The van der Waals surface area contributed by atoms with E-state index in [4.69, 9.17) is 2.74 Å². The maximum atomic E-state index is 11.2. The summed E-state index contributed by atoms with van der Waals surface area (Å²) in [5.41, 5.74) is 1.51. The van der Waals surface area contributed by atoms with Crippen molar-refractivity contribution in [2.75, 3.05) is 0 Å². The minimum absolute atomic E-state index is 0.0105. The highest BCUT2D eigenvalue weighted by Gasteiger charge is 2.13. The Morgan fingerprint density at radius 3 is 2.82 bits per heavy atom. The average molecular weight is 148 g/mol. The predicted octanol–water partition coefficient (Wildman–Crippen LogP) is 1.74. The Hall–Kier alpha value is -1.11. The molecule has 1 aromatic rings. The van der Waals surface area contributed by atoms with Crippen LogP contribution in [-0.4, -0.2) is 5.78 Å². The Balaban J connectivity index is 2.56. The summed E-state index contributed by atoms with van der Waals surface area (Å²) in [6.45, 7) is 0. The van der Waals surface area contributed by atoms with Crippen LogP contribution in [0.25, 0.3) is 0 Å². The molecule has 0 spiro atoms. The van der Waals surface area contributed by atoms with Gasteiger partial charge < -0.3 is 0 Å². The molecule has 0 aromatic heterocycles. The lowest BCUT2D eigenvalue weighted by Crippen LogP contribution is -2.12. The van der Waals surface area contributed by atoms with Crippen LogP contribution >= 0.6 is 0 Å². The molecule has 11 heavy (non-hydrogen) atoms. The Morgan fingerprint density at radius 2 is 2.00 bits per heavy atom. The summed E-state index contributed by atoms with van der Waals surface area (Å²) in [6, 6.07) is 7.24. The summed E-state index contributed by atoms with van der Waals surface area (Å²) >= 11 is 0. The molecule has 56 valence electrons. The first-order valence-electron chi connectivity index (χ1n) is 4.70. The van der Waals surface area contributed by atoms with Crippen molar-refractivity contribution in [3.05, 3.63) is 35.4 Å². The molecule has 0 amide bonds. The SMILES string of the molecule is [2H]C1([2H])CC(=O)Cc2ccccc21. The number of hydrogen-bond acceptors (Lipinski definition) is 1. The third-order valence-corrected chi connectivity index (χ3v) is 1.88. The molecule has 0 saturated carbocycles. The zero-order valence-corrected chi connectivity index (χ0v) is 6.13. The highest BCUT2D eigenvalue weighted by molar-refractivity contribution is 5.83. The van der Waals surface area contributed by atoms with E-state index in [1.54, 1.807) is 6.07 Å². The number of ketones is 1. The lowest BCUT2D eigenvalue weighted by Gasteiger charge is -2.13. The standard InChI is InChI=1S/C10H10O/c11-10-6-5-8-3-1-2-4-9(8)7-10/h1-4H,5-7H2/i5D2. The molecule has 0 aliphatic heterocycles. The first-order chi connectivity index (χ1) is 6.09. The van der Waals surface area contributed by atoms with Gasteiger partial charge in [-0.2, -0.15) is 0 Å². The summed E-state index contributed by atoms with van der Waals surface area (Å²) in [6.07, 6.45) is -1.06. The van der Waals surface area contributed by atoms with Crippen LogP contribution in [0.4, 0.5) is 0 Å². The van der Waals surface area contributed by atoms with Crippen molar-refractivity contribution in [2.45, 2.75) is 19.2 Å². The van der Waals surface area contributed by atoms with Gasteiger partial charge in [0.05, 0.1) is 0 Å². The van der Waals surface area contributed by atoms with Gasteiger partial charge in [-0.15, -0.1) is 0 Å². The van der Waals surface area contributed by atoms with E-state index < -0.39 is 6.37 Å². The molecule has 0 radical (unpaired) electrons. The number of benzene rings is 1. The lowest BCUT2D eigenvalue weighted by atomic mass is 9.91. The van der Waals surface area contributed by atoms with Crippen LogP contribution in [-0.2, 0) is 17.6 Å². The van der Waals surface area contributed by atoms with Crippen LogP contribution in [0.1, 0.15) is 20.3 Å². The van der Waals surface area contributed by atoms with Crippen molar-refractivity contribution < 1.29 is 7.54 Å². The van der Waals surface area contributed by atoms with E-state index in [-0.39, 0.29) is 12.2 Å². The molecule has 2 rings (SSSR count). The summed E-state index contributed by atoms with van der Waals surface area (Å²) in [5.74, 6) is -0.0105. The molecule has 0 heterocycles. The van der Waals surface area contributed by atoms with Gasteiger partial charge in [0.25, 0.3) is 0 Å². The van der Waals surface area contributed by atoms with Gasteiger partial charge in [0, 0.05) is 15.6 Å². The first kappa shape index (κ1) is 4.70. The van der Waals surface area contributed by atoms with Gasteiger partial charge in [-0.3, -0.25) is 4.79 Å². The summed E-state index contributed by atoms with van der Waals surface area (Å²) in [4.78, 5) is 11.2. The van der Waals surface area contributed by atoms with Gasteiger partial charge in [-0.1, -0.05) is 24.3 Å². The monoisotopic (exact) mass is 148 g/mol. The molecule has 1 aliphatic rings. The van der Waals surface area contributed by atoms with E-state index in [1.165, 1.54) is 0 Å². The van der Waals surface area contributed by atoms with E-state index in [9.17, 15) is 4.79 Å². The first-order valence-corrected chi connectivity index (χ1v) is 3.70. The quantitative estimate of drug-likeness (QED) is 0.547. The molecule has 0 fully saturated rings. The molecule has 0 atom stereocenters. The van der Waals surface area contributed by atoms with Gasteiger partial charge in [-0.25, -0.2) is 0 Å². The van der Waals surface area contributed by atoms with Crippen molar-refractivity contribution in [2.24, 2.45) is 0 Å². The molecule has 0 N–H and O–H groups in total. The average Bonchev–Trinajstić information content (AvgIpc) is 2.02. The zero-order chi connectivity index (χ0) is 9.47. The summed E-state index contributed by atoms with van der Waals surface area (Å²) in [7, 11) is 0. The van der Waals surface area contributed by atoms with Gasteiger partial charge in [-0.05, 0) is 17.5 Å². The van der Waals surface area contributed by atoms with Crippen LogP contribution < -0.4 is 0 Å². The molecule has 0 saturated heterocycles. The minimum Gasteiger partial charge on any atom is -0.299 e. The number of aryl methyl sites for hydroxylation is 1. The van der Waals surface area contributed by atoms with Gasteiger partial charge in [0.15, 0.2) is 0 Å². The fourth-order valence-electron chi connectivity index (χ4n) is 1.32. The lowest BCUT2D eigenvalue weighted by molar-refractivity contribution is -0.118. The van der Waals surface area contributed by atoms with E-state index >= 15 is 0 Å². The summed E-state index contributed by atoms with van der Waals surface area (Å²) in [5, 5.41) is 0. The molecule has 1 heteroatoms. The molecule has 1 aliphatic carbocycles. The molecular formula is C10H10O. The van der Waals surface area contributed by atoms with Crippen molar-refractivity contribution in [3.63, 3.8) is 0 Å². The van der Waals surface area contributed by atoms with Crippen LogP contribution in [0.3, 0.4) is 0 Å². The Morgan fingerprint density at radius 1 is 1.27 bits per heavy atom.